The van der Waals surface area contributed by atoms with Gasteiger partial charge < -0.3 is 20.1 Å². The summed E-state index contributed by atoms with van der Waals surface area (Å²) >= 11 is 5.71. The Kier molecular flexibility index (Phi) is 7.40. The van der Waals surface area contributed by atoms with Crippen LogP contribution in [0.25, 0.3) is 11.1 Å². The van der Waals surface area contributed by atoms with Crippen LogP contribution in [-0.2, 0) is 9.36 Å². The maximum absolute atomic E-state index is 15.3. The fourth-order valence-electron chi connectivity index (χ4n) is 4.42. The fourth-order valence-corrected chi connectivity index (χ4v) is 5.80. The van der Waals surface area contributed by atoms with E-state index in [9.17, 15) is 18.5 Å². The van der Waals surface area contributed by atoms with E-state index in [1.54, 1.807) is 44.5 Å². The van der Waals surface area contributed by atoms with Crippen LogP contribution < -0.4 is 20.8 Å². The van der Waals surface area contributed by atoms with Gasteiger partial charge in [-0.1, -0.05) is 35.9 Å². The van der Waals surface area contributed by atoms with Gasteiger partial charge in [0.2, 0.25) is 5.91 Å². The molecule has 0 saturated carbocycles. The van der Waals surface area contributed by atoms with Crippen molar-refractivity contribution in [2.45, 2.75) is 25.4 Å². The summed E-state index contributed by atoms with van der Waals surface area (Å²) in [5.41, 5.74) is -0.171. The zero-order valence-electron chi connectivity index (χ0n) is 20.2. The van der Waals surface area contributed by atoms with Crippen molar-refractivity contribution in [3.8, 4) is 11.1 Å². The number of carbonyl (C=O) groups excluding carboxylic acids is 2. The van der Waals surface area contributed by atoms with Crippen molar-refractivity contribution >= 4 is 47.4 Å². The summed E-state index contributed by atoms with van der Waals surface area (Å²) in [6, 6.07) is 10.4. The lowest BCUT2D eigenvalue weighted by Gasteiger charge is -2.23. The third kappa shape index (κ3) is 5.38. The molecule has 1 saturated heterocycles. The van der Waals surface area contributed by atoms with Gasteiger partial charge in [-0.15, -0.1) is 0 Å². The molecule has 6 nitrogen and oxygen atoms in total. The summed E-state index contributed by atoms with van der Waals surface area (Å²) < 4.78 is 57.3. The Labute approximate surface area is 217 Å². The summed E-state index contributed by atoms with van der Waals surface area (Å²) in [4.78, 5) is 26.6. The molecule has 0 spiro atoms. The third-order valence-corrected chi connectivity index (χ3v) is 7.92. The molecule has 1 aliphatic heterocycles. The molecule has 2 atom stereocenters. The number of rotatable bonds is 5. The predicted octanol–water partition coefficient (Wildman–Crippen LogP) is 5.99. The van der Waals surface area contributed by atoms with E-state index >= 15 is 8.78 Å². The minimum Gasteiger partial charge on any atom is -0.326 e. The summed E-state index contributed by atoms with van der Waals surface area (Å²) in [5, 5.41) is 5.33. The molecular formula is C26H24ClF3N3O3P. The second-order valence-electron chi connectivity index (χ2n) is 9.20. The number of hydrogen-bond acceptors (Lipinski definition) is 3. The van der Waals surface area contributed by atoms with E-state index in [-0.39, 0.29) is 28.4 Å². The second kappa shape index (κ2) is 10.2. The first-order valence-corrected chi connectivity index (χ1v) is 14.3. The first-order valence-electron chi connectivity index (χ1n) is 11.4. The van der Waals surface area contributed by atoms with Crippen molar-refractivity contribution < 1.29 is 27.3 Å². The molecule has 3 aromatic rings. The molecule has 1 unspecified atom stereocenters. The summed E-state index contributed by atoms with van der Waals surface area (Å²) in [6.07, 6.45) is 0.121. The van der Waals surface area contributed by atoms with Crippen molar-refractivity contribution in [2.75, 3.05) is 23.5 Å². The molecule has 3 amide bonds. The number of anilines is 2. The number of nitrogens with zero attached hydrogens (tertiary/aromatic N) is 1. The molecule has 1 fully saturated rings. The highest BCUT2D eigenvalue weighted by Gasteiger charge is 2.40. The predicted molar refractivity (Wildman–Crippen MR) is 140 cm³/mol. The molecule has 1 heterocycles. The summed E-state index contributed by atoms with van der Waals surface area (Å²) in [5.74, 6) is -3.80. The number of carbonyl (C=O) groups is 2. The van der Waals surface area contributed by atoms with Crippen molar-refractivity contribution in [2.24, 2.45) is 0 Å². The second-order valence-corrected chi connectivity index (χ2v) is 12.8. The molecule has 194 valence electrons. The van der Waals surface area contributed by atoms with Crippen LogP contribution in [0, 0.1) is 17.5 Å². The lowest BCUT2D eigenvalue weighted by molar-refractivity contribution is -0.118. The van der Waals surface area contributed by atoms with Gasteiger partial charge in [0.25, 0.3) is 0 Å². The van der Waals surface area contributed by atoms with Crippen LogP contribution in [0.5, 0.6) is 0 Å². The minimum absolute atomic E-state index is 0.0703. The van der Waals surface area contributed by atoms with E-state index in [1.165, 1.54) is 24.3 Å². The number of hydrogen-bond donors (Lipinski definition) is 2. The van der Waals surface area contributed by atoms with Gasteiger partial charge in [0, 0.05) is 21.9 Å². The standard InChI is InChI=1S/C26H24ClF3N3O3P/c1-14-12-20(32-26(35)31-19-10-8-15(27)13-18(19)28)25(34)33(14)21-11-9-17(23(29)24(21)30)16-6-4-5-7-22(16)37(2,3)36/h4-11,13-14,20H,12H2,1-3H3,(H2,31,32,35)/t14?,20-/m1/s1. The van der Waals surface area contributed by atoms with Gasteiger partial charge in [0.1, 0.15) is 19.0 Å². The quantitative estimate of drug-likeness (QED) is 0.384. The van der Waals surface area contributed by atoms with Crippen LogP contribution in [0.3, 0.4) is 0 Å². The van der Waals surface area contributed by atoms with Crippen molar-refractivity contribution in [1.29, 1.82) is 0 Å². The smallest absolute Gasteiger partial charge is 0.319 e. The first kappa shape index (κ1) is 26.8. The Morgan fingerprint density at radius 2 is 1.73 bits per heavy atom. The highest BCUT2D eigenvalue weighted by atomic mass is 35.5. The number of amides is 3. The van der Waals surface area contributed by atoms with Gasteiger partial charge in [0.15, 0.2) is 11.6 Å². The molecule has 0 bridgehead atoms. The maximum Gasteiger partial charge on any atom is 0.319 e. The molecule has 0 aromatic heterocycles. The van der Waals surface area contributed by atoms with Crippen molar-refractivity contribution in [3.63, 3.8) is 0 Å². The zero-order valence-corrected chi connectivity index (χ0v) is 21.8. The Morgan fingerprint density at radius 1 is 1.03 bits per heavy atom. The number of urea groups is 1. The Hall–Kier alpha value is -3.29. The van der Waals surface area contributed by atoms with E-state index < -0.39 is 48.6 Å². The van der Waals surface area contributed by atoms with Gasteiger partial charge in [-0.25, -0.2) is 18.0 Å². The largest absolute Gasteiger partial charge is 0.326 e. The number of halogens is 4. The van der Waals surface area contributed by atoms with Crippen LogP contribution in [0.4, 0.5) is 29.3 Å². The van der Waals surface area contributed by atoms with Crippen LogP contribution in [0.15, 0.2) is 54.6 Å². The average Bonchev–Trinajstić information content (AvgIpc) is 3.09. The van der Waals surface area contributed by atoms with E-state index in [1.807, 2.05) is 0 Å². The molecule has 3 aromatic carbocycles. The molecule has 11 heteroatoms. The van der Waals surface area contributed by atoms with E-state index in [2.05, 4.69) is 10.6 Å². The van der Waals surface area contributed by atoms with Gasteiger partial charge >= 0.3 is 6.03 Å². The van der Waals surface area contributed by atoms with E-state index in [0.29, 0.717) is 10.9 Å². The van der Waals surface area contributed by atoms with Crippen LogP contribution in [0.1, 0.15) is 13.3 Å². The van der Waals surface area contributed by atoms with Gasteiger partial charge in [-0.2, -0.15) is 0 Å². The molecule has 1 aliphatic rings. The Bertz CT molecular complexity index is 1450. The van der Waals surface area contributed by atoms with Crippen LogP contribution in [-0.4, -0.2) is 37.4 Å². The van der Waals surface area contributed by atoms with Gasteiger partial charge in [-0.05, 0) is 62.6 Å². The van der Waals surface area contributed by atoms with Gasteiger partial charge in [0.05, 0.1) is 11.4 Å². The molecular weight excluding hydrogens is 526 g/mol. The van der Waals surface area contributed by atoms with Crippen molar-refractivity contribution in [1.82, 2.24) is 5.32 Å². The van der Waals surface area contributed by atoms with Crippen LogP contribution in [0.2, 0.25) is 5.02 Å². The molecule has 37 heavy (non-hydrogen) atoms. The van der Waals surface area contributed by atoms with Crippen LogP contribution >= 0.6 is 18.7 Å². The molecule has 0 aliphatic carbocycles. The zero-order chi connectivity index (χ0) is 27.1. The summed E-state index contributed by atoms with van der Waals surface area (Å²) in [7, 11) is -2.79. The first-order chi connectivity index (χ1) is 17.4. The highest BCUT2D eigenvalue weighted by molar-refractivity contribution is 7.70. The lowest BCUT2D eigenvalue weighted by atomic mass is 10.0. The summed E-state index contributed by atoms with van der Waals surface area (Å²) in [6.45, 7) is 4.73. The fraction of sp³-hybridized carbons (Fsp3) is 0.231. The number of nitrogens with one attached hydrogen (secondary N) is 2. The Morgan fingerprint density at radius 3 is 2.41 bits per heavy atom. The normalized spacial score (nSPS) is 17.7. The highest BCUT2D eigenvalue weighted by Crippen LogP contribution is 2.41. The monoisotopic (exact) mass is 549 g/mol. The molecule has 2 N–H and O–H groups in total. The minimum atomic E-state index is -2.79. The average molecular weight is 550 g/mol. The van der Waals surface area contributed by atoms with E-state index in [0.717, 1.165) is 11.0 Å². The van der Waals surface area contributed by atoms with Gasteiger partial charge in [-0.3, -0.25) is 4.79 Å². The lowest BCUT2D eigenvalue weighted by Crippen LogP contribution is -2.44. The molecule has 4 rings (SSSR count). The topological polar surface area (TPSA) is 78.5 Å². The maximum atomic E-state index is 15.3. The molecule has 0 radical (unpaired) electrons. The van der Waals surface area contributed by atoms with E-state index in [4.69, 9.17) is 11.6 Å². The third-order valence-electron chi connectivity index (χ3n) is 6.13. The number of benzene rings is 3. The SMILES string of the molecule is CC1C[C@@H](NC(=O)Nc2ccc(Cl)cc2F)C(=O)N1c1ccc(-c2ccccc2P(C)(C)=O)c(F)c1F. The Balaban J connectivity index is 1.57. The van der Waals surface area contributed by atoms with Crippen molar-refractivity contribution in [3.05, 3.63) is 77.1 Å².